The van der Waals surface area contributed by atoms with E-state index in [1.807, 2.05) is 30.3 Å². The van der Waals surface area contributed by atoms with Crippen LogP contribution in [0.5, 0.6) is 5.75 Å². The van der Waals surface area contributed by atoms with Gasteiger partial charge in [-0.25, -0.2) is 0 Å². The average molecular weight is 503 g/mol. The van der Waals surface area contributed by atoms with Crippen molar-refractivity contribution >= 4 is 29.9 Å². The number of piperidine rings is 1. The van der Waals surface area contributed by atoms with Crippen molar-refractivity contribution in [2.24, 2.45) is 10.4 Å². The molecule has 6 heteroatoms. The lowest BCUT2D eigenvalue weighted by molar-refractivity contribution is 0.129. The van der Waals surface area contributed by atoms with Crippen molar-refractivity contribution in [1.29, 1.82) is 0 Å². The van der Waals surface area contributed by atoms with E-state index in [9.17, 15) is 5.11 Å². The number of nitrogens with one attached hydrogen (secondary N) is 1. The third-order valence-corrected chi connectivity index (χ3v) is 5.83. The van der Waals surface area contributed by atoms with Crippen molar-refractivity contribution in [3.8, 4) is 5.75 Å². The normalized spacial score (nSPS) is 15.9. The number of halogens is 1. The predicted octanol–water partition coefficient (Wildman–Crippen LogP) is 4.30. The van der Waals surface area contributed by atoms with Crippen molar-refractivity contribution < 1.29 is 9.84 Å². The molecule has 0 aliphatic carbocycles. The molecule has 160 valence electrons. The number of guanidine groups is 1. The van der Waals surface area contributed by atoms with Crippen LogP contribution in [0.15, 0.2) is 35.3 Å². The van der Waals surface area contributed by atoms with Crippen LogP contribution in [0.2, 0.25) is 0 Å². The van der Waals surface area contributed by atoms with Gasteiger partial charge in [0.15, 0.2) is 5.96 Å². The van der Waals surface area contributed by atoms with Crippen LogP contribution >= 0.6 is 24.0 Å². The Kier molecular flexibility index (Phi) is 11.8. The van der Waals surface area contributed by atoms with Crippen LogP contribution in [0.1, 0.15) is 52.9 Å². The number of rotatable bonds is 9. The molecule has 0 radical (unpaired) electrons. The second-order valence-electron chi connectivity index (χ2n) is 7.47. The first-order valence-electron chi connectivity index (χ1n) is 10.5. The van der Waals surface area contributed by atoms with E-state index < -0.39 is 0 Å². The highest BCUT2D eigenvalue weighted by Gasteiger charge is 2.27. The summed E-state index contributed by atoms with van der Waals surface area (Å²) in [5.74, 6) is 1.95. The second kappa shape index (κ2) is 13.2. The van der Waals surface area contributed by atoms with Crippen molar-refractivity contribution in [2.45, 2.75) is 59.0 Å². The van der Waals surface area contributed by atoms with Gasteiger partial charge in [0.2, 0.25) is 0 Å². The van der Waals surface area contributed by atoms with E-state index >= 15 is 0 Å². The Balaban J connectivity index is 0.00000392. The summed E-state index contributed by atoms with van der Waals surface area (Å²) in [5.41, 5.74) is 0.101. The number of hydrogen-bond donors (Lipinski definition) is 2. The Morgan fingerprint density at radius 2 is 1.82 bits per heavy atom. The van der Waals surface area contributed by atoms with E-state index in [1.54, 1.807) is 0 Å². The van der Waals surface area contributed by atoms with E-state index in [4.69, 9.17) is 9.73 Å². The fourth-order valence-electron chi connectivity index (χ4n) is 3.69. The Morgan fingerprint density at radius 3 is 2.36 bits per heavy atom. The van der Waals surface area contributed by atoms with Crippen LogP contribution in [0.4, 0.5) is 0 Å². The number of aliphatic imine (C=N–C) groups is 1. The zero-order valence-electron chi connectivity index (χ0n) is 17.7. The van der Waals surface area contributed by atoms with E-state index in [-0.39, 0.29) is 42.1 Å². The number of para-hydroxylation sites is 1. The highest BCUT2D eigenvalue weighted by molar-refractivity contribution is 14.0. The standard InChI is InChI=1S/C22H37N3O2.HI/c1-4-22(5-2,14-17-26)18-24-21(23-6-3)25-15-12-20(13-16-25)27-19-10-8-7-9-11-19;/h7-11,20,26H,4-6,12-18H2,1-3H3,(H,23,24);1H. The zero-order valence-corrected chi connectivity index (χ0v) is 20.0. The average Bonchev–Trinajstić information content (AvgIpc) is 2.71. The van der Waals surface area contributed by atoms with Gasteiger partial charge in [-0.05, 0) is 43.7 Å². The summed E-state index contributed by atoms with van der Waals surface area (Å²) in [5, 5.41) is 12.9. The molecule has 0 spiro atoms. The van der Waals surface area contributed by atoms with Gasteiger partial charge in [-0.15, -0.1) is 24.0 Å². The van der Waals surface area contributed by atoms with Gasteiger partial charge in [0.25, 0.3) is 0 Å². The van der Waals surface area contributed by atoms with E-state index in [2.05, 4.69) is 31.0 Å². The van der Waals surface area contributed by atoms with Crippen molar-refractivity contribution in [3.63, 3.8) is 0 Å². The minimum atomic E-state index is 0. The minimum absolute atomic E-state index is 0. The second-order valence-corrected chi connectivity index (χ2v) is 7.47. The summed E-state index contributed by atoms with van der Waals surface area (Å²) in [7, 11) is 0. The van der Waals surface area contributed by atoms with Crippen LogP contribution in [0.3, 0.4) is 0 Å². The topological polar surface area (TPSA) is 57.1 Å². The molecule has 0 unspecified atom stereocenters. The van der Waals surface area contributed by atoms with Gasteiger partial charge in [-0.1, -0.05) is 32.0 Å². The number of ether oxygens (including phenoxy) is 1. The van der Waals surface area contributed by atoms with Crippen molar-refractivity contribution in [1.82, 2.24) is 10.2 Å². The molecule has 1 aliphatic rings. The quantitative estimate of drug-likeness (QED) is 0.300. The highest BCUT2D eigenvalue weighted by atomic mass is 127. The Bertz CT molecular complexity index is 556. The number of hydrogen-bond acceptors (Lipinski definition) is 3. The number of nitrogens with zero attached hydrogens (tertiary/aromatic N) is 2. The molecular formula is C22H38IN3O2. The molecule has 1 aromatic carbocycles. The number of likely N-dealkylation sites (tertiary alicyclic amines) is 1. The Morgan fingerprint density at radius 1 is 1.18 bits per heavy atom. The Hall–Kier alpha value is -1.02. The molecule has 1 saturated heterocycles. The summed E-state index contributed by atoms with van der Waals surface area (Å²) in [6.07, 6.45) is 5.17. The van der Waals surface area contributed by atoms with Gasteiger partial charge in [0.05, 0.1) is 0 Å². The first-order chi connectivity index (χ1) is 13.2. The van der Waals surface area contributed by atoms with Crippen LogP contribution in [0.25, 0.3) is 0 Å². The highest BCUT2D eigenvalue weighted by Crippen LogP contribution is 2.31. The number of aliphatic hydroxyl groups excluding tert-OH is 1. The van der Waals surface area contributed by atoms with Crippen LogP contribution in [-0.2, 0) is 0 Å². The summed E-state index contributed by atoms with van der Waals surface area (Å²) >= 11 is 0. The molecule has 2 N–H and O–H groups in total. The lowest BCUT2D eigenvalue weighted by atomic mass is 9.79. The van der Waals surface area contributed by atoms with Gasteiger partial charge >= 0.3 is 0 Å². The van der Waals surface area contributed by atoms with Crippen LogP contribution in [-0.4, -0.2) is 54.9 Å². The molecule has 2 rings (SSSR count). The molecule has 0 atom stereocenters. The largest absolute Gasteiger partial charge is 0.490 e. The lowest BCUT2D eigenvalue weighted by Crippen LogP contribution is -2.48. The third-order valence-electron chi connectivity index (χ3n) is 5.83. The molecule has 5 nitrogen and oxygen atoms in total. The SMILES string of the molecule is CCNC(=NCC(CC)(CC)CCO)N1CCC(Oc2ccccc2)CC1.I. The maximum absolute atomic E-state index is 9.44. The first kappa shape index (κ1) is 25.0. The molecule has 0 aromatic heterocycles. The van der Waals surface area contributed by atoms with E-state index in [0.29, 0.717) is 0 Å². The van der Waals surface area contributed by atoms with Gasteiger partial charge in [-0.3, -0.25) is 4.99 Å². The molecule has 28 heavy (non-hydrogen) atoms. The smallest absolute Gasteiger partial charge is 0.193 e. The monoisotopic (exact) mass is 503 g/mol. The van der Waals surface area contributed by atoms with E-state index in [1.165, 1.54) is 0 Å². The molecular weight excluding hydrogens is 465 g/mol. The van der Waals surface area contributed by atoms with E-state index in [0.717, 1.165) is 70.0 Å². The van der Waals surface area contributed by atoms with Crippen molar-refractivity contribution in [3.05, 3.63) is 30.3 Å². The molecule has 1 heterocycles. The fraction of sp³-hybridized carbons (Fsp3) is 0.682. The molecule has 1 fully saturated rings. The van der Waals surface area contributed by atoms with Gasteiger partial charge in [-0.2, -0.15) is 0 Å². The predicted molar refractivity (Wildman–Crippen MR) is 128 cm³/mol. The first-order valence-corrected chi connectivity index (χ1v) is 10.5. The molecule has 1 aliphatic heterocycles. The Labute approximate surface area is 188 Å². The third kappa shape index (κ3) is 7.43. The van der Waals surface area contributed by atoms with Gasteiger partial charge < -0.3 is 20.1 Å². The summed E-state index contributed by atoms with van der Waals surface area (Å²) in [6, 6.07) is 10.1. The molecule has 0 amide bonds. The lowest BCUT2D eigenvalue weighted by Gasteiger charge is -2.35. The minimum Gasteiger partial charge on any atom is -0.490 e. The summed E-state index contributed by atoms with van der Waals surface area (Å²) in [4.78, 5) is 7.31. The van der Waals surface area contributed by atoms with Gasteiger partial charge in [0, 0.05) is 45.6 Å². The van der Waals surface area contributed by atoms with Crippen molar-refractivity contribution in [2.75, 3.05) is 32.8 Å². The number of aliphatic hydroxyl groups is 1. The molecule has 1 aromatic rings. The maximum atomic E-state index is 9.44. The summed E-state index contributed by atoms with van der Waals surface area (Å²) < 4.78 is 6.11. The fourth-order valence-corrected chi connectivity index (χ4v) is 3.69. The number of benzene rings is 1. The zero-order chi connectivity index (χ0) is 19.5. The summed E-state index contributed by atoms with van der Waals surface area (Å²) in [6.45, 7) is 10.3. The van der Waals surface area contributed by atoms with Gasteiger partial charge in [0.1, 0.15) is 11.9 Å². The molecule has 0 saturated carbocycles. The van der Waals surface area contributed by atoms with Crippen LogP contribution in [0, 0.1) is 5.41 Å². The van der Waals surface area contributed by atoms with Crippen LogP contribution < -0.4 is 10.1 Å². The maximum Gasteiger partial charge on any atom is 0.193 e. The molecule has 0 bridgehead atoms.